The zero-order chi connectivity index (χ0) is 22.1. The van der Waals surface area contributed by atoms with E-state index in [2.05, 4.69) is 5.32 Å². The van der Waals surface area contributed by atoms with Crippen molar-refractivity contribution in [2.24, 2.45) is 0 Å². The molecule has 0 aliphatic carbocycles. The van der Waals surface area contributed by atoms with E-state index in [0.717, 1.165) is 16.4 Å². The van der Waals surface area contributed by atoms with Crippen LogP contribution in [0.25, 0.3) is 0 Å². The smallest absolute Gasteiger partial charge is 0.246 e. The topological polar surface area (TPSA) is 69.7 Å². The summed E-state index contributed by atoms with van der Waals surface area (Å²) in [6.45, 7) is 2.21. The number of nitrogens with zero attached hydrogens (tertiary/aromatic N) is 2. The molecule has 6 nitrogen and oxygen atoms in total. The summed E-state index contributed by atoms with van der Waals surface area (Å²) in [7, 11) is -4.19. The summed E-state index contributed by atoms with van der Waals surface area (Å²) in [6, 6.07) is 6.58. The normalized spacial score (nSPS) is 17.0. The van der Waals surface area contributed by atoms with Crippen LogP contribution in [0.5, 0.6) is 0 Å². The number of hydrogen-bond acceptors (Lipinski definition) is 4. The molecule has 1 N–H and O–H groups in total. The van der Waals surface area contributed by atoms with E-state index < -0.39 is 32.6 Å². The maximum atomic E-state index is 13.9. The molecular weight excluding hydrogens is 459 g/mol. The number of piperazine rings is 1. The number of rotatable bonds is 5. The van der Waals surface area contributed by atoms with Gasteiger partial charge in [-0.05, 0) is 37.3 Å². The number of sulfonamides is 1. The van der Waals surface area contributed by atoms with Crippen LogP contribution >= 0.6 is 23.2 Å². The summed E-state index contributed by atoms with van der Waals surface area (Å²) in [6.07, 6.45) is 0. The molecule has 0 radical (unpaired) electrons. The SMILES string of the molecule is C[C@@H](C(=O)Nc1c(Cl)cccc1Cl)N1CCN(S(=O)(=O)c2cc(F)ccc2F)CC1. The van der Waals surface area contributed by atoms with E-state index in [9.17, 15) is 22.0 Å². The molecule has 11 heteroatoms. The van der Waals surface area contributed by atoms with Crippen molar-refractivity contribution in [1.29, 1.82) is 0 Å². The molecule has 0 bridgehead atoms. The minimum Gasteiger partial charge on any atom is -0.322 e. The lowest BCUT2D eigenvalue weighted by Gasteiger charge is -2.36. The van der Waals surface area contributed by atoms with Gasteiger partial charge in [0, 0.05) is 26.2 Å². The van der Waals surface area contributed by atoms with E-state index in [4.69, 9.17) is 23.2 Å². The molecule has 0 unspecified atom stereocenters. The highest BCUT2D eigenvalue weighted by Crippen LogP contribution is 2.30. The number of halogens is 4. The molecule has 0 saturated carbocycles. The minimum atomic E-state index is -4.19. The summed E-state index contributed by atoms with van der Waals surface area (Å²) in [5.74, 6) is -2.20. The lowest BCUT2D eigenvalue weighted by atomic mass is 10.2. The van der Waals surface area contributed by atoms with Crippen LogP contribution in [0.1, 0.15) is 6.92 Å². The van der Waals surface area contributed by atoms with E-state index in [-0.39, 0.29) is 32.1 Å². The van der Waals surface area contributed by atoms with Crippen LogP contribution in [0.3, 0.4) is 0 Å². The Labute approximate surface area is 183 Å². The van der Waals surface area contributed by atoms with Crippen molar-refractivity contribution >= 4 is 44.8 Å². The highest BCUT2D eigenvalue weighted by molar-refractivity contribution is 7.89. The zero-order valence-electron chi connectivity index (χ0n) is 15.9. The second-order valence-corrected chi connectivity index (χ2v) is 9.50. The quantitative estimate of drug-likeness (QED) is 0.713. The summed E-state index contributed by atoms with van der Waals surface area (Å²) in [4.78, 5) is 13.7. The van der Waals surface area contributed by atoms with E-state index in [1.54, 1.807) is 30.0 Å². The molecule has 2 aromatic carbocycles. The lowest BCUT2D eigenvalue weighted by molar-refractivity contribution is -0.121. The number of benzene rings is 2. The fourth-order valence-electron chi connectivity index (χ4n) is 3.16. The Morgan fingerprint density at radius 2 is 1.67 bits per heavy atom. The fourth-order valence-corrected chi connectivity index (χ4v) is 5.15. The number of nitrogens with one attached hydrogen (secondary N) is 1. The first-order chi connectivity index (χ1) is 14.1. The van der Waals surface area contributed by atoms with Gasteiger partial charge in [0.15, 0.2) is 0 Å². The Bertz CT molecular complexity index is 1040. The summed E-state index contributed by atoms with van der Waals surface area (Å²) < 4.78 is 53.8. The van der Waals surface area contributed by atoms with E-state index >= 15 is 0 Å². The van der Waals surface area contributed by atoms with Crippen molar-refractivity contribution in [2.45, 2.75) is 17.9 Å². The first-order valence-corrected chi connectivity index (χ1v) is 11.2. The molecule has 1 fully saturated rings. The Balaban J connectivity index is 1.66. The zero-order valence-corrected chi connectivity index (χ0v) is 18.2. The molecule has 0 spiro atoms. The molecule has 1 amide bonds. The van der Waals surface area contributed by atoms with Crippen molar-refractivity contribution in [3.63, 3.8) is 0 Å². The van der Waals surface area contributed by atoms with Crippen molar-refractivity contribution in [3.8, 4) is 0 Å². The van der Waals surface area contributed by atoms with Gasteiger partial charge in [-0.1, -0.05) is 29.3 Å². The second-order valence-electron chi connectivity index (χ2n) is 6.78. The van der Waals surface area contributed by atoms with Gasteiger partial charge in [-0.25, -0.2) is 17.2 Å². The highest BCUT2D eigenvalue weighted by atomic mass is 35.5. The van der Waals surface area contributed by atoms with Crippen LogP contribution < -0.4 is 5.32 Å². The van der Waals surface area contributed by atoms with Gasteiger partial charge >= 0.3 is 0 Å². The molecule has 3 rings (SSSR count). The van der Waals surface area contributed by atoms with Crippen LogP contribution in [0, 0.1) is 11.6 Å². The lowest BCUT2D eigenvalue weighted by Crippen LogP contribution is -2.54. The third-order valence-corrected chi connectivity index (χ3v) is 7.47. The van der Waals surface area contributed by atoms with Gasteiger partial charge < -0.3 is 5.32 Å². The van der Waals surface area contributed by atoms with Crippen molar-refractivity contribution in [2.75, 3.05) is 31.5 Å². The van der Waals surface area contributed by atoms with Gasteiger partial charge in [0.2, 0.25) is 15.9 Å². The van der Waals surface area contributed by atoms with Crippen LogP contribution in [0.2, 0.25) is 10.0 Å². The fraction of sp³-hybridized carbons (Fsp3) is 0.316. The van der Waals surface area contributed by atoms with E-state index in [1.165, 1.54) is 0 Å². The predicted molar refractivity (Wildman–Crippen MR) is 111 cm³/mol. The molecule has 1 saturated heterocycles. The number of carbonyl (C=O) groups is 1. The molecule has 162 valence electrons. The van der Waals surface area contributed by atoms with Crippen LogP contribution in [0.4, 0.5) is 14.5 Å². The monoisotopic (exact) mass is 477 g/mol. The maximum Gasteiger partial charge on any atom is 0.246 e. The van der Waals surface area contributed by atoms with E-state index in [1.807, 2.05) is 0 Å². The largest absolute Gasteiger partial charge is 0.322 e. The van der Waals surface area contributed by atoms with Gasteiger partial charge in [-0.15, -0.1) is 0 Å². The Morgan fingerprint density at radius 3 is 2.27 bits per heavy atom. The second kappa shape index (κ2) is 9.15. The minimum absolute atomic E-state index is 0.0305. The molecule has 1 aliphatic rings. The predicted octanol–water partition coefficient (Wildman–Crippen LogP) is 3.61. The van der Waals surface area contributed by atoms with Gasteiger partial charge in [-0.3, -0.25) is 9.69 Å². The van der Waals surface area contributed by atoms with Crippen molar-refractivity contribution in [1.82, 2.24) is 9.21 Å². The summed E-state index contributed by atoms with van der Waals surface area (Å²) in [5.41, 5.74) is 0.306. The number of hydrogen-bond donors (Lipinski definition) is 1. The molecule has 1 atom stereocenters. The molecule has 1 aliphatic heterocycles. The van der Waals surface area contributed by atoms with Gasteiger partial charge in [-0.2, -0.15) is 4.31 Å². The number of anilines is 1. The third-order valence-electron chi connectivity index (χ3n) is 4.92. The van der Waals surface area contributed by atoms with E-state index in [0.29, 0.717) is 21.8 Å². The van der Waals surface area contributed by atoms with Crippen LogP contribution in [-0.4, -0.2) is 55.8 Å². The molecule has 30 heavy (non-hydrogen) atoms. The van der Waals surface area contributed by atoms with Gasteiger partial charge in [0.05, 0.1) is 21.8 Å². The first kappa shape index (κ1) is 22.9. The maximum absolute atomic E-state index is 13.9. The average Bonchev–Trinajstić information content (AvgIpc) is 2.72. The third kappa shape index (κ3) is 4.76. The van der Waals surface area contributed by atoms with Gasteiger partial charge in [0.1, 0.15) is 16.5 Å². The molecule has 1 heterocycles. The van der Waals surface area contributed by atoms with Crippen molar-refractivity contribution < 1.29 is 22.0 Å². The average molecular weight is 478 g/mol. The Kier molecular flexibility index (Phi) is 6.98. The first-order valence-electron chi connectivity index (χ1n) is 9.05. The van der Waals surface area contributed by atoms with Crippen LogP contribution in [-0.2, 0) is 14.8 Å². The summed E-state index contributed by atoms with van der Waals surface area (Å²) >= 11 is 12.1. The molecule has 2 aromatic rings. The van der Waals surface area contributed by atoms with Crippen molar-refractivity contribution in [3.05, 3.63) is 58.1 Å². The number of carbonyl (C=O) groups excluding carboxylic acids is 1. The number of para-hydroxylation sites is 1. The Hall–Kier alpha value is -1.78. The molecular formula is C19H19Cl2F2N3O3S. The molecule has 0 aromatic heterocycles. The van der Waals surface area contributed by atoms with Gasteiger partial charge in [0.25, 0.3) is 0 Å². The Morgan fingerprint density at radius 1 is 1.07 bits per heavy atom. The summed E-state index contributed by atoms with van der Waals surface area (Å²) in [5, 5.41) is 3.29. The number of amides is 1. The van der Waals surface area contributed by atoms with Crippen LogP contribution in [0.15, 0.2) is 41.3 Å². The highest BCUT2D eigenvalue weighted by Gasteiger charge is 2.33. The standard InChI is InChI=1S/C19H19Cl2F2N3O3S/c1-12(19(27)24-18-14(20)3-2-4-15(18)21)25-7-9-26(10-8-25)30(28,29)17-11-13(22)5-6-16(17)23/h2-6,11-12H,7-10H2,1H3,(H,24,27)/t12-/m0/s1.